The second kappa shape index (κ2) is 8.78. The van der Waals surface area contributed by atoms with Crippen molar-refractivity contribution in [2.75, 3.05) is 4.90 Å². The predicted molar refractivity (Wildman–Crippen MR) is 122 cm³/mol. The van der Waals surface area contributed by atoms with E-state index in [-0.39, 0.29) is 11.1 Å². The van der Waals surface area contributed by atoms with Gasteiger partial charge in [0.2, 0.25) is 0 Å². The highest BCUT2D eigenvalue weighted by atomic mass is 35.5. The van der Waals surface area contributed by atoms with Crippen molar-refractivity contribution in [2.45, 2.75) is 13.5 Å². The molecule has 30 heavy (non-hydrogen) atoms. The average molecular weight is 436 g/mol. The number of imide groups is 1. The Labute approximate surface area is 184 Å². The quantitative estimate of drug-likeness (QED) is 0.431. The van der Waals surface area contributed by atoms with Crippen LogP contribution in [0.25, 0.3) is 6.08 Å². The van der Waals surface area contributed by atoms with E-state index >= 15 is 0 Å². The first-order chi connectivity index (χ1) is 14.5. The summed E-state index contributed by atoms with van der Waals surface area (Å²) < 4.78 is 5.81. The molecule has 1 heterocycles. The van der Waals surface area contributed by atoms with Crippen LogP contribution in [0.1, 0.15) is 16.7 Å². The molecule has 1 aliphatic rings. The van der Waals surface area contributed by atoms with Crippen LogP contribution >= 0.6 is 23.4 Å². The summed E-state index contributed by atoms with van der Waals surface area (Å²) in [5, 5.41) is 0.128. The number of thioether (sulfide) groups is 1. The number of nitrogens with zero attached hydrogens (tertiary/aromatic N) is 1. The first-order valence-electron chi connectivity index (χ1n) is 9.31. The molecule has 1 aliphatic heterocycles. The number of aryl methyl sites for hydroxylation is 1. The van der Waals surface area contributed by atoms with E-state index in [1.54, 1.807) is 30.3 Å². The number of carbonyl (C=O) groups is 2. The number of amides is 2. The molecule has 0 aromatic heterocycles. The van der Waals surface area contributed by atoms with Crippen LogP contribution in [0, 0.1) is 6.92 Å². The Morgan fingerprint density at radius 1 is 1.00 bits per heavy atom. The van der Waals surface area contributed by atoms with Gasteiger partial charge in [-0.05, 0) is 66.2 Å². The maximum Gasteiger partial charge on any atom is 0.298 e. The summed E-state index contributed by atoms with van der Waals surface area (Å²) in [4.78, 5) is 26.6. The molecule has 0 bridgehead atoms. The number of halogens is 1. The van der Waals surface area contributed by atoms with Crippen LogP contribution in [0.2, 0.25) is 5.02 Å². The summed E-state index contributed by atoms with van der Waals surface area (Å²) in [7, 11) is 0. The molecule has 4 rings (SSSR count). The molecule has 6 heteroatoms. The van der Waals surface area contributed by atoms with Crippen molar-refractivity contribution in [1.82, 2.24) is 0 Å². The summed E-state index contributed by atoms with van der Waals surface area (Å²) in [5.41, 5.74) is 3.59. The van der Waals surface area contributed by atoms with E-state index in [0.29, 0.717) is 22.2 Å². The van der Waals surface area contributed by atoms with Gasteiger partial charge in [-0.15, -0.1) is 0 Å². The van der Waals surface area contributed by atoms with Crippen LogP contribution in [0.3, 0.4) is 0 Å². The first-order valence-corrected chi connectivity index (χ1v) is 10.5. The number of hydrogen-bond donors (Lipinski definition) is 0. The lowest BCUT2D eigenvalue weighted by molar-refractivity contribution is -0.113. The van der Waals surface area contributed by atoms with Gasteiger partial charge in [0.05, 0.1) is 10.6 Å². The lowest BCUT2D eigenvalue weighted by Gasteiger charge is -2.12. The van der Waals surface area contributed by atoms with Crippen LogP contribution < -0.4 is 9.64 Å². The fraction of sp³-hybridized carbons (Fsp3) is 0.0833. The Bertz CT molecular complexity index is 1120. The fourth-order valence-electron chi connectivity index (χ4n) is 2.97. The van der Waals surface area contributed by atoms with Gasteiger partial charge in [0.1, 0.15) is 12.4 Å². The third-order valence-corrected chi connectivity index (χ3v) is 5.67. The van der Waals surface area contributed by atoms with Crippen molar-refractivity contribution in [1.29, 1.82) is 0 Å². The fourth-order valence-corrected chi connectivity index (χ4v) is 3.99. The molecule has 3 aromatic rings. The van der Waals surface area contributed by atoms with E-state index in [1.807, 2.05) is 43.3 Å². The Morgan fingerprint density at radius 3 is 2.43 bits per heavy atom. The maximum atomic E-state index is 12.7. The largest absolute Gasteiger partial charge is 0.489 e. The Morgan fingerprint density at radius 2 is 1.73 bits per heavy atom. The van der Waals surface area contributed by atoms with Crippen molar-refractivity contribution in [2.24, 2.45) is 0 Å². The van der Waals surface area contributed by atoms with Crippen LogP contribution in [0.15, 0.2) is 77.7 Å². The summed E-state index contributed by atoms with van der Waals surface area (Å²) in [5.74, 6) is 0.381. The van der Waals surface area contributed by atoms with Gasteiger partial charge in [0.15, 0.2) is 0 Å². The number of ether oxygens (including phenoxy) is 1. The van der Waals surface area contributed by atoms with Crippen LogP contribution in [0.4, 0.5) is 10.5 Å². The van der Waals surface area contributed by atoms with Crippen molar-refractivity contribution in [3.8, 4) is 5.75 Å². The number of rotatable bonds is 5. The van der Waals surface area contributed by atoms with Gasteiger partial charge in [0, 0.05) is 5.02 Å². The zero-order valence-corrected chi connectivity index (χ0v) is 17.7. The molecule has 3 aromatic carbocycles. The normalized spacial score (nSPS) is 15.1. The maximum absolute atomic E-state index is 12.7. The molecule has 0 radical (unpaired) electrons. The molecule has 1 saturated heterocycles. The van der Waals surface area contributed by atoms with Gasteiger partial charge in [-0.2, -0.15) is 0 Å². The Hall–Kier alpha value is -3.02. The monoisotopic (exact) mass is 435 g/mol. The molecule has 0 atom stereocenters. The minimum Gasteiger partial charge on any atom is -0.489 e. The third-order valence-electron chi connectivity index (χ3n) is 4.56. The Balaban J connectivity index is 1.45. The second-order valence-electron chi connectivity index (χ2n) is 6.84. The minimum atomic E-state index is -0.355. The predicted octanol–water partition coefficient (Wildman–Crippen LogP) is 6.47. The highest BCUT2D eigenvalue weighted by Crippen LogP contribution is 2.36. The number of hydrogen-bond acceptors (Lipinski definition) is 4. The van der Waals surface area contributed by atoms with Crippen LogP contribution in [0.5, 0.6) is 5.75 Å². The highest BCUT2D eigenvalue weighted by molar-refractivity contribution is 8.19. The van der Waals surface area contributed by atoms with Crippen molar-refractivity contribution < 1.29 is 14.3 Å². The van der Waals surface area contributed by atoms with E-state index in [9.17, 15) is 9.59 Å². The summed E-state index contributed by atoms with van der Waals surface area (Å²) in [6.07, 6.45) is 1.71. The van der Waals surface area contributed by atoms with E-state index < -0.39 is 0 Å². The van der Waals surface area contributed by atoms with E-state index in [0.717, 1.165) is 33.5 Å². The summed E-state index contributed by atoms with van der Waals surface area (Å²) in [6, 6.07) is 22.3. The first kappa shape index (κ1) is 20.3. The third kappa shape index (κ3) is 4.58. The smallest absolute Gasteiger partial charge is 0.298 e. The lowest BCUT2D eigenvalue weighted by Crippen LogP contribution is -2.27. The van der Waals surface area contributed by atoms with E-state index in [2.05, 4.69) is 12.1 Å². The molecular weight excluding hydrogens is 418 g/mol. The lowest BCUT2D eigenvalue weighted by atomic mass is 10.1. The standard InChI is InChI=1S/C24H18ClNO3S/c1-16-5-7-18(8-6-16)15-29-21-11-9-17(10-12-21)13-22-23(27)26(24(28)30-22)20-4-2-3-19(25)14-20/h2-14H,15H2,1H3/b22-13+. The zero-order valence-electron chi connectivity index (χ0n) is 16.2. The van der Waals surface area contributed by atoms with Crippen molar-refractivity contribution in [3.63, 3.8) is 0 Å². The average Bonchev–Trinajstić information content (AvgIpc) is 3.01. The van der Waals surface area contributed by atoms with Gasteiger partial charge in [0.25, 0.3) is 11.1 Å². The van der Waals surface area contributed by atoms with E-state index in [1.165, 1.54) is 5.56 Å². The topological polar surface area (TPSA) is 46.6 Å². The molecule has 0 saturated carbocycles. The van der Waals surface area contributed by atoms with Crippen LogP contribution in [-0.2, 0) is 11.4 Å². The number of carbonyl (C=O) groups excluding carboxylic acids is 2. The summed E-state index contributed by atoms with van der Waals surface area (Å²) in [6.45, 7) is 2.53. The van der Waals surface area contributed by atoms with Crippen LogP contribution in [-0.4, -0.2) is 11.1 Å². The van der Waals surface area contributed by atoms with Gasteiger partial charge < -0.3 is 4.74 Å². The van der Waals surface area contributed by atoms with Gasteiger partial charge in [-0.25, -0.2) is 4.90 Å². The molecule has 0 N–H and O–H groups in total. The highest BCUT2D eigenvalue weighted by Gasteiger charge is 2.36. The van der Waals surface area contributed by atoms with Gasteiger partial charge in [-0.1, -0.05) is 59.6 Å². The number of anilines is 1. The molecule has 150 valence electrons. The van der Waals surface area contributed by atoms with Crippen molar-refractivity contribution >= 4 is 46.3 Å². The van der Waals surface area contributed by atoms with Crippen molar-refractivity contribution in [3.05, 3.63) is 99.4 Å². The molecule has 0 spiro atoms. The van der Waals surface area contributed by atoms with Gasteiger partial charge in [-0.3, -0.25) is 9.59 Å². The van der Waals surface area contributed by atoms with E-state index in [4.69, 9.17) is 16.3 Å². The molecule has 0 aliphatic carbocycles. The molecule has 1 fully saturated rings. The molecule has 2 amide bonds. The second-order valence-corrected chi connectivity index (χ2v) is 8.27. The van der Waals surface area contributed by atoms with Gasteiger partial charge >= 0.3 is 0 Å². The molecular formula is C24H18ClNO3S. The zero-order chi connectivity index (χ0) is 21.1. The molecule has 4 nitrogen and oxygen atoms in total. The SMILES string of the molecule is Cc1ccc(COc2ccc(/C=C3/SC(=O)N(c4cccc(Cl)c4)C3=O)cc2)cc1. The molecule has 0 unspecified atom stereocenters. The Kier molecular flexibility index (Phi) is 5.93. The summed E-state index contributed by atoms with van der Waals surface area (Å²) >= 11 is 6.90. The number of benzene rings is 3. The minimum absolute atomic E-state index is 0.341.